The molecule has 0 bridgehead atoms. The third-order valence-electron chi connectivity index (χ3n) is 4.10. The van der Waals surface area contributed by atoms with Gasteiger partial charge in [-0.15, -0.1) is 0 Å². The topological polar surface area (TPSA) is 32.3 Å². The second kappa shape index (κ2) is 4.79. The first-order chi connectivity index (χ1) is 8.08. The van der Waals surface area contributed by atoms with Crippen molar-refractivity contribution in [1.29, 1.82) is 0 Å². The van der Waals surface area contributed by atoms with Crippen molar-refractivity contribution in [2.24, 2.45) is 5.92 Å². The van der Waals surface area contributed by atoms with Crippen LogP contribution in [0.2, 0.25) is 0 Å². The van der Waals surface area contributed by atoms with Crippen molar-refractivity contribution in [2.45, 2.75) is 39.2 Å². The largest absolute Gasteiger partial charge is 0.385 e. The van der Waals surface area contributed by atoms with Gasteiger partial charge in [-0.05, 0) is 44.4 Å². The van der Waals surface area contributed by atoms with Gasteiger partial charge in [0, 0.05) is 12.5 Å². The summed E-state index contributed by atoms with van der Waals surface area (Å²) in [6.07, 6.45) is 1.83. The first kappa shape index (κ1) is 12.6. The molecule has 0 aliphatic carbocycles. The quantitative estimate of drug-likeness (QED) is 0.822. The summed E-state index contributed by atoms with van der Waals surface area (Å²) < 4.78 is 0. The Kier molecular flexibility index (Phi) is 3.55. The first-order valence-corrected chi connectivity index (χ1v) is 6.58. The maximum Gasteiger partial charge on any atom is 0.0951 e. The van der Waals surface area contributed by atoms with Crippen molar-refractivity contribution in [3.05, 3.63) is 34.9 Å². The number of benzene rings is 1. The van der Waals surface area contributed by atoms with Crippen LogP contribution >= 0.6 is 0 Å². The maximum atomic E-state index is 11.1. The molecule has 0 spiro atoms. The van der Waals surface area contributed by atoms with Crippen LogP contribution < -0.4 is 5.32 Å². The van der Waals surface area contributed by atoms with Crippen LogP contribution in [-0.4, -0.2) is 18.2 Å². The summed E-state index contributed by atoms with van der Waals surface area (Å²) in [4.78, 5) is 0. The van der Waals surface area contributed by atoms with Crippen LogP contribution in [0.15, 0.2) is 18.2 Å². The third kappa shape index (κ3) is 2.24. The van der Waals surface area contributed by atoms with E-state index in [0.717, 1.165) is 31.5 Å². The number of rotatable bonds is 2. The normalized spacial score (nSPS) is 29.3. The molecule has 0 saturated carbocycles. The van der Waals surface area contributed by atoms with Crippen molar-refractivity contribution >= 4 is 0 Å². The van der Waals surface area contributed by atoms with Gasteiger partial charge in [0.15, 0.2) is 0 Å². The van der Waals surface area contributed by atoms with Crippen molar-refractivity contribution in [3.63, 3.8) is 0 Å². The second-order valence-electron chi connectivity index (χ2n) is 5.30. The average Bonchev–Trinajstić information content (AvgIpc) is 2.33. The summed E-state index contributed by atoms with van der Waals surface area (Å²) in [6.45, 7) is 8.17. The molecule has 2 unspecified atom stereocenters. The van der Waals surface area contributed by atoms with E-state index in [1.165, 1.54) is 11.1 Å². The molecule has 2 rings (SSSR count). The Morgan fingerprint density at radius 1 is 1.41 bits per heavy atom. The predicted molar refractivity (Wildman–Crippen MR) is 71.1 cm³/mol. The van der Waals surface area contributed by atoms with Gasteiger partial charge in [0.25, 0.3) is 0 Å². The van der Waals surface area contributed by atoms with Crippen molar-refractivity contribution in [3.8, 4) is 0 Å². The van der Waals surface area contributed by atoms with Crippen LogP contribution in [0.25, 0.3) is 0 Å². The highest BCUT2D eigenvalue weighted by atomic mass is 16.3. The minimum Gasteiger partial charge on any atom is -0.385 e. The minimum absolute atomic E-state index is 0.316. The molecule has 1 aliphatic rings. The molecule has 2 nitrogen and oxygen atoms in total. The summed E-state index contributed by atoms with van der Waals surface area (Å²) in [5, 5.41) is 14.5. The number of piperidine rings is 1. The number of aliphatic hydroxyl groups is 1. The highest BCUT2D eigenvalue weighted by molar-refractivity contribution is 5.36. The van der Waals surface area contributed by atoms with Crippen LogP contribution in [0.5, 0.6) is 0 Å². The summed E-state index contributed by atoms with van der Waals surface area (Å²) in [7, 11) is 0. The average molecular weight is 233 g/mol. The van der Waals surface area contributed by atoms with Crippen molar-refractivity contribution < 1.29 is 5.11 Å². The maximum absolute atomic E-state index is 11.1. The van der Waals surface area contributed by atoms with Gasteiger partial charge in [-0.1, -0.05) is 30.7 Å². The Balaban J connectivity index is 2.44. The molecule has 0 aromatic heterocycles. The van der Waals surface area contributed by atoms with Crippen LogP contribution in [0.4, 0.5) is 0 Å². The van der Waals surface area contributed by atoms with Gasteiger partial charge in [-0.2, -0.15) is 0 Å². The molecule has 1 saturated heterocycles. The monoisotopic (exact) mass is 233 g/mol. The lowest BCUT2D eigenvalue weighted by atomic mass is 9.73. The lowest BCUT2D eigenvalue weighted by Gasteiger charge is -2.41. The fourth-order valence-corrected chi connectivity index (χ4v) is 2.97. The van der Waals surface area contributed by atoms with Gasteiger partial charge >= 0.3 is 0 Å². The highest BCUT2D eigenvalue weighted by Crippen LogP contribution is 2.38. The van der Waals surface area contributed by atoms with Gasteiger partial charge in [0.2, 0.25) is 0 Å². The van der Waals surface area contributed by atoms with Crippen molar-refractivity contribution in [1.82, 2.24) is 5.32 Å². The molecular weight excluding hydrogens is 210 g/mol. The smallest absolute Gasteiger partial charge is 0.0951 e. The Bertz CT molecular complexity index is 402. The van der Waals surface area contributed by atoms with Crippen molar-refractivity contribution in [2.75, 3.05) is 13.1 Å². The summed E-state index contributed by atoms with van der Waals surface area (Å²) >= 11 is 0. The van der Waals surface area contributed by atoms with E-state index in [9.17, 15) is 5.11 Å². The van der Waals surface area contributed by atoms with Gasteiger partial charge in [-0.25, -0.2) is 0 Å². The lowest BCUT2D eigenvalue weighted by molar-refractivity contribution is -0.0483. The van der Waals surface area contributed by atoms with E-state index >= 15 is 0 Å². The molecule has 1 aliphatic heterocycles. The lowest BCUT2D eigenvalue weighted by Crippen LogP contribution is -2.48. The zero-order valence-electron chi connectivity index (χ0n) is 11.1. The number of hydrogen-bond donors (Lipinski definition) is 2. The zero-order chi connectivity index (χ0) is 12.5. The van der Waals surface area contributed by atoms with Crippen LogP contribution in [0.3, 0.4) is 0 Å². The molecule has 94 valence electrons. The van der Waals surface area contributed by atoms with Crippen LogP contribution in [0, 0.1) is 19.8 Å². The zero-order valence-corrected chi connectivity index (χ0v) is 11.1. The summed E-state index contributed by atoms with van der Waals surface area (Å²) in [5.74, 6) is 0.316. The molecule has 1 aromatic rings. The van der Waals surface area contributed by atoms with E-state index in [0.29, 0.717) is 5.92 Å². The predicted octanol–water partition coefficient (Wildman–Crippen LogP) is 2.51. The van der Waals surface area contributed by atoms with Gasteiger partial charge in [-0.3, -0.25) is 0 Å². The fraction of sp³-hybridized carbons (Fsp3) is 0.600. The van der Waals surface area contributed by atoms with E-state index in [1.807, 2.05) is 0 Å². The fourth-order valence-electron chi connectivity index (χ4n) is 2.97. The Morgan fingerprint density at radius 3 is 2.88 bits per heavy atom. The van der Waals surface area contributed by atoms with Gasteiger partial charge in [0.1, 0.15) is 0 Å². The van der Waals surface area contributed by atoms with Gasteiger partial charge < -0.3 is 10.4 Å². The molecule has 1 aromatic carbocycles. The molecule has 0 radical (unpaired) electrons. The van der Waals surface area contributed by atoms with Gasteiger partial charge in [0.05, 0.1) is 5.60 Å². The Labute approximate surface area is 104 Å². The van der Waals surface area contributed by atoms with E-state index in [4.69, 9.17) is 0 Å². The summed E-state index contributed by atoms with van der Waals surface area (Å²) in [5.41, 5.74) is 2.92. The molecule has 1 heterocycles. The summed E-state index contributed by atoms with van der Waals surface area (Å²) in [6, 6.07) is 6.39. The Morgan fingerprint density at radius 2 is 2.18 bits per heavy atom. The molecule has 2 N–H and O–H groups in total. The molecule has 2 heteroatoms. The van der Waals surface area contributed by atoms with E-state index in [-0.39, 0.29) is 0 Å². The standard InChI is InChI=1S/C15H23NO/c1-4-13-10-16-8-7-15(13,17)14-9-11(2)5-6-12(14)3/h5-6,9,13,16-17H,4,7-8,10H2,1-3H3. The molecule has 2 atom stereocenters. The van der Waals surface area contributed by atoms with Crippen LogP contribution in [-0.2, 0) is 5.60 Å². The SMILES string of the molecule is CCC1CNCCC1(O)c1cc(C)ccc1C. The molecule has 0 amide bonds. The molecule has 17 heavy (non-hydrogen) atoms. The number of aryl methyl sites for hydroxylation is 2. The first-order valence-electron chi connectivity index (χ1n) is 6.58. The van der Waals surface area contributed by atoms with E-state index < -0.39 is 5.60 Å². The number of hydrogen-bond acceptors (Lipinski definition) is 2. The second-order valence-corrected chi connectivity index (χ2v) is 5.30. The third-order valence-corrected chi connectivity index (χ3v) is 4.10. The van der Waals surface area contributed by atoms with E-state index in [2.05, 4.69) is 44.3 Å². The Hall–Kier alpha value is -0.860. The highest BCUT2D eigenvalue weighted by Gasteiger charge is 2.40. The molecular formula is C15H23NO. The molecule has 1 fully saturated rings. The minimum atomic E-state index is -0.643. The van der Waals surface area contributed by atoms with Crippen LogP contribution in [0.1, 0.15) is 36.5 Å². The van der Waals surface area contributed by atoms with E-state index in [1.54, 1.807) is 0 Å². The number of nitrogens with one attached hydrogen (secondary N) is 1.